The normalized spacial score (nSPS) is 17.9. The minimum Gasteiger partial charge on any atom is -0.375 e. The summed E-state index contributed by atoms with van der Waals surface area (Å²) in [7, 11) is 0. The van der Waals surface area contributed by atoms with Gasteiger partial charge in [-0.1, -0.05) is 60.7 Å². The molecule has 0 saturated carbocycles. The molecule has 2 aromatic carbocycles. The molecule has 1 fully saturated rings. The van der Waals surface area contributed by atoms with Gasteiger partial charge in [-0.05, 0) is 18.1 Å². The van der Waals surface area contributed by atoms with Crippen LogP contribution in [0, 0.1) is 0 Å². The van der Waals surface area contributed by atoms with Gasteiger partial charge in [-0.3, -0.25) is 4.79 Å². The zero-order chi connectivity index (χ0) is 16.8. The number of ether oxygens (including phenoxy) is 2. The molecule has 0 bridgehead atoms. The Morgan fingerprint density at radius 1 is 1.12 bits per heavy atom. The van der Waals surface area contributed by atoms with E-state index in [0.717, 1.165) is 11.1 Å². The van der Waals surface area contributed by atoms with Crippen molar-refractivity contribution in [2.24, 2.45) is 0 Å². The van der Waals surface area contributed by atoms with Gasteiger partial charge in [-0.25, -0.2) is 0 Å². The third-order valence-electron chi connectivity index (χ3n) is 4.17. The Labute approximate surface area is 143 Å². The van der Waals surface area contributed by atoms with Crippen LogP contribution in [0.1, 0.15) is 24.2 Å². The monoisotopic (exact) mass is 325 g/mol. The van der Waals surface area contributed by atoms with Crippen molar-refractivity contribution in [2.45, 2.75) is 19.1 Å². The second-order valence-corrected chi connectivity index (χ2v) is 6.03. The van der Waals surface area contributed by atoms with E-state index in [4.69, 9.17) is 9.47 Å². The van der Waals surface area contributed by atoms with E-state index in [0.29, 0.717) is 19.7 Å². The molecule has 1 saturated heterocycles. The van der Waals surface area contributed by atoms with Crippen molar-refractivity contribution in [1.29, 1.82) is 0 Å². The number of benzene rings is 2. The molecule has 24 heavy (non-hydrogen) atoms. The summed E-state index contributed by atoms with van der Waals surface area (Å²) in [5.74, 6) is 0.0158. The first-order valence-electron chi connectivity index (χ1n) is 8.35. The molecule has 0 spiro atoms. The van der Waals surface area contributed by atoms with Crippen LogP contribution in [0.4, 0.5) is 0 Å². The highest BCUT2D eigenvalue weighted by Gasteiger charge is 2.23. The highest BCUT2D eigenvalue weighted by Crippen LogP contribution is 2.25. The number of carbonyl (C=O) groups is 1. The fourth-order valence-electron chi connectivity index (χ4n) is 2.93. The summed E-state index contributed by atoms with van der Waals surface area (Å²) in [6.07, 6.45) is -0.156. The van der Waals surface area contributed by atoms with Crippen LogP contribution in [0.15, 0.2) is 60.7 Å². The SMILES string of the molecule is CC1CN(C(=O)COC(c2ccccc2)c2ccccc2)CCO1. The first-order valence-corrected chi connectivity index (χ1v) is 8.35. The first kappa shape index (κ1) is 16.7. The second kappa shape index (κ2) is 8.08. The Morgan fingerprint density at radius 2 is 1.71 bits per heavy atom. The molecule has 1 aliphatic rings. The number of rotatable bonds is 5. The van der Waals surface area contributed by atoms with Crippen molar-refractivity contribution in [2.75, 3.05) is 26.3 Å². The van der Waals surface area contributed by atoms with E-state index in [9.17, 15) is 4.79 Å². The third-order valence-corrected chi connectivity index (χ3v) is 4.17. The lowest BCUT2D eigenvalue weighted by Crippen LogP contribution is -2.46. The molecule has 0 N–H and O–H groups in total. The summed E-state index contributed by atoms with van der Waals surface area (Å²) in [4.78, 5) is 14.3. The molecule has 0 radical (unpaired) electrons. The van der Waals surface area contributed by atoms with Crippen LogP contribution in [0.3, 0.4) is 0 Å². The highest BCUT2D eigenvalue weighted by atomic mass is 16.5. The van der Waals surface area contributed by atoms with E-state index < -0.39 is 0 Å². The van der Waals surface area contributed by atoms with Crippen LogP contribution in [0.2, 0.25) is 0 Å². The molecule has 4 heteroatoms. The molecule has 0 aromatic heterocycles. The van der Waals surface area contributed by atoms with E-state index in [1.807, 2.05) is 72.5 Å². The number of hydrogen-bond acceptors (Lipinski definition) is 3. The zero-order valence-corrected chi connectivity index (χ0v) is 13.9. The molecule has 1 aliphatic heterocycles. The lowest BCUT2D eigenvalue weighted by Gasteiger charge is -2.31. The molecular formula is C20H23NO3. The van der Waals surface area contributed by atoms with E-state index >= 15 is 0 Å². The fourth-order valence-corrected chi connectivity index (χ4v) is 2.93. The van der Waals surface area contributed by atoms with Gasteiger partial charge in [-0.15, -0.1) is 0 Å². The van der Waals surface area contributed by atoms with Crippen molar-refractivity contribution in [1.82, 2.24) is 4.90 Å². The van der Waals surface area contributed by atoms with Crippen molar-refractivity contribution >= 4 is 5.91 Å². The topological polar surface area (TPSA) is 38.8 Å². The molecule has 126 valence electrons. The Hall–Kier alpha value is -2.17. The van der Waals surface area contributed by atoms with Crippen molar-refractivity contribution in [3.05, 3.63) is 71.8 Å². The van der Waals surface area contributed by atoms with E-state index in [2.05, 4.69) is 0 Å². The van der Waals surface area contributed by atoms with Gasteiger partial charge in [0.05, 0.1) is 12.7 Å². The maximum Gasteiger partial charge on any atom is 0.248 e. The van der Waals surface area contributed by atoms with Gasteiger partial charge in [0.2, 0.25) is 5.91 Å². The van der Waals surface area contributed by atoms with Crippen LogP contribution in [-0.4, -0.2) is 43.2 Å². The predicted molar refractivity (Wildman–Crippen MR) is 92.7 cm³/mol. The third kappa shape index (κ3) is 4.22. The summed E-state index contributed by atoms with van der Waals surface area (Å²) >= 11 is 0. The van der Waals surface area contributed by atoms with Crippen molar-refractivity contribution in [3.8, 4) is 0 Å². The van der Waals surface area contributed by atoms with Gasteiger partial charge in [0.25, 0.3) is 0 Å². The summed E-state index contributed by atoms with van der Waals surface area (Å²) in [6, 6.07) is 20.0. The average Bonchev–Trinajstić information content (AvgIpc) is 2.63. The van der Waals surface area contributed by atoms with Gasteiger partial charge in [0.15, 0.2) is 0 Å². The first-order chi connectivity index (χ1) is 11.7. The Balaban J connectivity index is 1.69. The summed E-state index contributed by atoms with van der Waals surface area (Å²) < 4.78 is 11.5. The fraction of sp³-hybridized carbons (Fsp3) is 0.350. The van der Waals surface area contributed by atoms with E-state index in [1.54, 1.807) is 0 Å². The Bertz CT molecular complexity index is 605. The number of hydrogen-bond donors (Lipinski definition) is 0. The summed E-state index contributed by atoms with van der Waals surface area (Å²) in [5.41, 5.74) is 2.10. The molecule has 0 aliphatic carbocycles. The smallest absolute Gasteiger partial charge is 0.248 e. The number of morpholine rings is 1. The molecule has 1 heterocycles. The van der Waals surface area contributed by atoms with Crippen LogP contribution in [-0.2, 0) is 14.3 Å². The van der Waals surface area contributed by atoms with Gasteiger partial charge >= 0.3 is 0 Å². The molecule has 4 nitrogen and oxygen atoms in total. The lowest BCUT2D eigenvalue weighted by molar-refractivity contribution is -0.144. The molecular weight excluding hydrogens is 302 g/mol. The Morgan fingerprint density at radius 3 is 2.25 bits per heavy atom. The van der Waals surface area contributed by atoms with Gasteiger partial charge < -0.3 is 14.4 Å². The molecule has 3 rings (SSSR count). The standard InChI is InChI=1S/C20H23NO3/c1-16-14-21(12-13-23-16)19(22)15-24-20(17-8-4-2-5-9-17)18-10-6-3-7-11-18/h2-11,16,20H,12-15H2,1H3. The minimum atomic E-state index is -0.241. The van der Waals surface area contributed by atoms with E-state index in [1.165, 1.54) is 0 Å². The molecule has 2 aromatic rings. The van der Waals surface area contributed by atoms with Crippen LogP contribution in [0.5, 0.6) is 0 Å². The second-order valence-electron chi connectivity index (χ2n) is 6.03. The summed E-state index contributed by atoms with van der Waals surface area (Å²) in [5, 5.41) is 0. The van der Waals surface area contributed by atoms with Crippen molar-refractivity contribution in [3.63, 3.8) is 0 Å². The highest BCUT2D eigenvalue weighted by molar-refractivity contribution is 5.77. The lowest BCUT2D eigenvalue weighted by atomic mass is 10.0. The van der Waals surface area contributed by atoms with Crippen LogP contribution >= 0.6 is 0 Å². The quantitative estimate of drug-likeness (QED) is 0.848. The molecule has 1 atom stereocenters. The molecule has 1 unspecified atom stereocenters. The predicted octanol–water partition coefficient (Wildman–Crippen LogP) is 3.04. The average molecular weight is 325 g/mol. The number of amides is 1. The maximum atomic E-state index is 12.5. The van der Waals surface area contributed by atoms with Gasteiger partial charge in [0.1, 0.15) is 12.7 Å². The van der Waals surface area contributed by atoms with Gasteiger partial charge in [0, 0.05) is 13.1 Å². The largest absolute Gasteiger partial charge is 0.375 e. The summed E-state index contributed by atoms with van der Waals surface area (Å²) in [6.45, 7) is 3.91. The van der Waals surface area contributed by atoms with Crippen molar-refractivity contribution < 1.29 is 14.3 Å². The maximum absolute atomic E-state index is 12.5. The zero-order valence-electron chi connectivity index (χ0n) is 13.9. The molecule has 1 amide bonds. The van der Waals surface area contributed by atoms with Crippen LogP contribution in [0.25, 0.3) is 0 Å². The minimum absolute atomic E-state index is 0.0158. The van der Waals surface area contributed by atoms with E-state index in [-0.39, 0.29) is 24.7 Å². The van der Waals surface area contributed by atoms with Crippen LogP contribution < -0.4 is 0 Å². The number of carbonyl (C=O) groups excluding carboxylic acids is 1. The Kier molecular flexibility index (Phi) is 5.62. The van der Waals surface area contributed by atoms with Gasteiger partial charge in [-0.2, -0.15) is 0 Å². The number of nitrogens with zero attached hydrogens (tertiary/aromatic N) is 1.